The first-order chi connectivity index (χ1) is 12.7. The highest BCUT2D eigenvalue weighted by Crippen LogP contribution is 2.27. The van der Waals surface area contributed by atoms with Crippen LogP contribution in [-0.4, -0.2) is 73.5 Å². The highest BCUT2D eigenvalue weighted by molar-refractivity contribution is 4.92. The second-order valence-corrected chi connectivity index (χ2v) is 11.7. The van der Waals surface area contributed by atoms with Crippen LogP contribution in [0.2, 0.25) is 0 Å². The van der Waals surface area contributed by atoms with Crippen molar-refractivity contribution in [1.29, 1.82) is 0 Å². The van der Waals surface area contributed by atoms with Crippen molar-refractivity contribution in [3.8, 4) is 0 Å². The Morgan fingerprint density at radius 3 is 1.57 bits per heavy atom. The molecular formula is C24H50N2O2. The summed E-state index contributed by atoms with van der Waals surface area (Å²) in [6.07, 6.45) is 2.27. The molecule has 1 atom stereocenters. The fraction of sp³-hybridized carbons (Fsp3) is 1.00. The molecule has 0 aliphatic carbocycles. The van der Waals surface area contributed by atoms with E-state index < -0.39 is 0 Å². The largest absolute Gasteiger partial charge is 0.379 e. The summed E-state index contributed by atoms with van der Waals surface area (Å²) >= 11 is 0. The van der Waals surface area contributed by atoms with Crippen molar-refractivity contribution in [3.63, 3.8) is 0 Å². The SMILES string of the molecule is CCC(C)(C)COCC(C)(C)N1CCN(C(C)(CC)COCC(C)(C)C)CC1. The van der Waals surface area contributed by atoms with E-state index in [1.165, 1.54) is 0 Å². The summed E-state index contributed by atoms with van der Waals surface area (Å²) < 4.78 is 12.3. The molecule has 0 bridgehead atoms. The molecule has 0 N–H and O–H groups in total. The lowest BCUT2D eigenvalue weighted by atomic mass is 9.91. The molecule has 1 rings (SSSR count). The van der Waals surface area contributed by atoms with Crippen LogP contribution in [-0.2, 0) is 9.47 Å². The summed E-state index contributed by atoms with van der Waals surface area (Å²) in [4.78, 5) is 5.25. The van der Waals surface area contributed by atoms with Crippen LogP contribution in [0.1, 0.15) is 82.1 Å². The highest BCUT2D eigenvalue weighted by Gasteiger charge is 2.37. The highest BCUT2D eigenvalue weighted by atomic mass is 16.5. The van der Waals surface area contributed by atoms with Crippen molar-refractivity contribution >= 4 is 0 Å². The van der Waals surface area contributed by atoms with Crippen molar-refractivity contribution in [3.05, 3.63) is 0 Å². The first kappa shape index (κ1) is 25.9. The van der Waals surface area contributed by atoms with Gasteiger partial charge in [0.1, 0.15) is 0 Å². The van der Waals surface area contributed by atoms with Gasteiger partial charge in [0.2, 0.25) is 0 Å². The maximum Gasteiger partial charge on any atom is 0.0647 e. The zero-order valence-electron chi connectivity index (χ0n) is 20.8. The number of nitrogens with zero attached hydrogens (tertiary/aromatic N) is 2. The van der Waals surface area contributed by atoms with E-state index >= 15 is 0 Å². The zero-order chi connectivity index (χ0) is 21.6. The van der Waals surface area contributed by atoms with E-state index in [0.717, 1.165) is 65.4 Å². The van der Waals surface area contributed by atoms with Gasteiger partial charge in [0.15, 0.2) is 0 Å². The van der Waals surface area contributed by atoms with Crippen LogP contribution in [0.25, 0.3) is 0 Å². The van der Waals surface area contributed by atoms with Crippen molar-refractivity contribution < 1.29 is 9.47 Å². The van der Waals surface area contributed by atoms with Crippen LogP contribution in [0, 0.1) is 10.8 Å². The van der Waals surface area contributed by atoms with Gasteiger partial charge >= 0.3 is 0 Å². The second kappa shape index (κ2) is 10.2. The van der Waals surface area contributed by atoms with E-state index in [4.69, 9.17) is 9.47 Å². The quantitative estimate of drug-likeness (QED) is 0.485. The van der Waals surface area contributed by atoms with Crippen LogP contribution in [0.5, 0.6) is 0 Å². The molecule has 1 aliphatic heterocycles. The summed E-state index contributed by atoms with van der Waals surface area (Å²) in [5.41, 5.74) is 0.707. The van der Waals surface area contributed by atoms with Gasteiger partial charge in [0.25, 0.3) is 0 Å². The van der Waals surface area contributed by atoms with Crippen molar-refractivity contribution in [1.82, 2.24) is 9.80 Å². The third-order valence-corrected chi connectivity index (χ3v) is 6.51. The summed E-state index contributed by atoms with van der Waals surface area (Å²) in [5, 5.41) is 0. The Morgan fingerprint density at radius 1 is 0.607 bits per heavy atom. The zero-order valence-corrected chi connectivity index (χ0v) is 20.8. The third kappa shape index (κ3) is 8.30. The molecule has 0 aromatic rings. The monoisotopic (exact) mass is 398 g/mol. The normalized spacial score (nSPS) is 20.4. The van der Waals surface area contributed by atoms with E-state index in [1.807, 2.05) is 0 Å². The summed E-state index contributed by atoms with van der Waals surface area (Å²) in [7, 11) is 0. The summed E-state index contributed by atoms with van der Waals surface area (Å²) in [5.74, 6) is 0. The topological polar surface area (TPSA) is 24.9 Å². The van der Waals surface area contributed by atoms with Crippen LogP contribution in [0.4, 0.5) is 0 Å². The first-order valence-electron chi connectivity index (χ1n) is 11.4. The molecule has 0 aromatic heterocycles. The van der Waals surface area contributed by atoms with Gasteiger partial charge in [-0.05, 0) is 44.4 Å². The van der Waals surface area contributed by atoms with E-state index in [0.29, 0.717) is 0 Å². The molecule has 4 heteroatoms. The molecular weight excluding hydrogens is 348 g/mol. The smallest absolute Gasteiger partial charge is 0.0647 e. The summed E-state index contributed by atoms with van der Waals surface area (Å²) in [6, 6.07) is 0. The molecule has 1 saturated heterocycles. The molecule has 1 aliphatic rings. The molecule has 4 nitrogen and oxygen atoms in total. The Hall–Kier alpha value is -0.160. The summed E-state index contributed by atoms with van der Waals surface area (Å²) in [6.45, 7) is 30.5. The molecule has 0 spiro atoms. The van der Waals surface area contributed by atoms with Gasteiger partial charge in [-0.25, -0.2) is 0 Å². The Kier molecular flexibility index (Phi) is 9.46. The minimum atomic E-state index is 0.0846. The first-order valence-corrected chi connectivity index (χ1v) is 11.4. The predicted molar refractivity (Wildman–Crippen MR) is 121 cm³/mol. The minimum Gasteiger partial charge on any atom is -0.379 e. The van der Waals surface area contributed by atoms with Crippen LogP contribution < -0.4 is 0 Å². The predicted octanol–water partition coefficient (Wildman–Crippen LogP) is 5.07. The van der Waals surface area contributed by atoms with Gasteiger partial charge in [-0.3, -0.25) is 9.80 Å². The molecule has 1 fully saturated rings. The average molecular weight is 399 g/mol. The Labute approximate surface area is 176 Å². The average Bonchev–Trinajstić information content (AvgIpc) is 2.60. The lowest BCUT2D eigenvalue weighted by Gasteiger charge is -2.49. The van der Waals surface area contributed by atoms with E-state index in [2.05, 4.69) is 79.0 Å². The van der Waals surface area contributed by atoms with E-state index in [1.54, 1.807) is 0 Å². The molecule has 168 valence electrons. The van der Waals surface area contributed by atoms with Gasteiger partial charge < -0.3 is 9.47 Å². The number of ether oxygens (including phenoxy) is 2. The van der Waals surface area contributed by atoms with E-state index in [9.17, 15) is 0 Å². The molecule has 1 unspecified atom stereocenters. The second-order valence-electron chi connectivity index (χ2n) is 11.7. The number of hydrogen-bond acceptors (Lipinski definition) is 4. The Morgan fingerprint density at radius 2 is 1.11 bits per heavy atom. The molecule has 0 amide bonds. The third-order valence-electron chi connectivity index (χ3n) is 6.51. The molecule has 28 heavy (non-hydrogen) atoms. The van der Waals surface area contributed by atoms with Crippen molar-refractivity contribution in [2.45, 2.75) is 93.2 Å². The van der Waals surface area contributed by atoms with Crippen LogP contribution in [0.3, 0.4) is 0 Å². The standard InChI is InChI=1S/C24H50N2O2/c1-11-22(6,7)18-28-19-23(8,9)25-13-15-26(16-14-25)24(10,12-2)20-27-17-21(3,4)5/h11-20H2,1-10H3. The number of hydrogen-bond donors (Lipinski definition) is 0. The minimum absolute atomic E-state index is 0.0846. The molecule has 0 aromatic carbocycles. The van der Waals surface area contributed by atoms with Crippen molar-refractivity contribution in [2.24, 2.45) is 10.8 Å². The fourth-order valence-electron chi connectivity index (χ4n) is 3.62. The van der Waals surface area contributed by atoms with E-state index in [-0.39, 0.29) is 21.9 Å². The molecule has 0 saturated carbocycles. The van der Waals surface area contributed by atoms with Gasteiger partial charge in [0, 0.05) is 37.3 Å². The maximum absolute atomic E-state index is 6.13. The van der Waals surface area contributed by atoms with Crippen LogP contribution in [0.15, 0.2) is 0 Å². The Balaban J connectivity index is 2.52. The fourth-order valence-corrected chi connectivity index (χ4v) is 3.62. The lowest BCUT2D eigenvalue weighted by Crippen LogP contribution is -2.61. The van der Waals surface area contributed by atoms with Gasteiger partial charge in [0.05, 0.1) is 26.4 Å². The molecule has 1 heterocycles. The number of rotatable bonds is 11. The van der Waals surface area contributed by atoms with Crippen molar-refractivity contribution in [2.75, 3.05) is 52.6 Å². The van der Waals surface area contributed by atoms with Gasteiger partial charge in [-0.1, -0.05) is 48.5 Å². The Bertz CT molecular complexity index is 448. The van der Waals surface area contributed by atoms with Crippen LogP contribution >= 0.6 is 0 Å². The molecule has 0 radical (unpaired) electrons. The lowest BCUT2D eigenvalue weighted by molar-refractivity contribution is -0.0685. The maximum atomic E-state index is 6.13. The van der Waals surface area contributed by atoms with Gasteiger partial charge in [-0.2, -0.15) is 0 Å². The number of piperazine rings is 1. The van der Waals surface area contributed by atoms with Gasteiger partial charge in [-0.15, -0.1) is 0 Å².